The molecule has 1 N–H and O–H groups in total. The van der Waals surface area contributed by atoms with Crippen LogP contribution >= 0.6 is 0 Å². The molecule has 1 aromatic rings. The standard InChI is InChI=1S/C10H11FO3/c11-9-3-1-8(2-4-9)7-10(13)14-6-5-12/h1-4,12H,5-7H2. The Morgan fingerprint density at radius 2 is 2.00 bits per heavy atom. The van der Waals surface area contributed by atoms with Crippen LogP contribution in [0.1, 0.15) is 5.56 Å². The van der Waals surface area contributed by atoms with Gasteiger partial charge in [-0.05, 0) is 17.7 Å². The van der Waals surface area contributed by atoms with E-state index >= 15 is 0 Å². The van der Waals surface area contributed by atoms with Gasteiger partial charge in [0, 0.05) is 0 Å². The molecule has 14 heavy (non-hydrogen) atoms. The number of halogens is 1. The van der Waals surface area contributed by atoms with Gasteiger partial charge in [-0.25, -0.2) is 4.39 Å². The monoisotopic (exact) mass is 198 g/mol. The molecule has 0 spiro atoms. The molecule has 0 bridgehead atoms. The van der Waals surface area contributed by atoms with Crippen molar-refractivity contribution in [3.05, 3.63) is 35.6 Å². The molecule has 76 valence electrons. The van der Waals surface area contributed by atoms with E-state index in [0.29, 0.717) is 5.56 Å². The summed E-state index contributed by atoms with van der Waals surface area (Å²) in [6, 6.07) is 5.62. The maximum Gasteiger partial charge on any atom is 0.310 e. The number of aliphatic hydroxyl groups excluding tert-OH is 1. The molecular formula is C10H11FO3. The molecule has 0 aliphatic carbocycles. The summed E-state index contributed by atoms with van der Waals surface area (Å²) in [5, 5.41) is 8.39. The summed E-state index contributed by atoms with van der Waals surface area (Å²) in [7, 11) is 0. The lowest BCUT2D eigenvalue weighted by atomic mass is 10.1. The summed E-state index contributed by atoms with van der Waals surface area (Å²) in [4.78, 5) is 11.0. The van der Waals surface area contributed by atoms with E-state index in [4.69, 9.17) is 5.11 Å². The average Bonchev–Trinajstić information content (AvgIpc) is 2.18. The van der Waals surface area contributed by atoms with Gasteiger partial charge in [-0.3, -0.25) is 4.79 Å². The Labute approximate surface area is 81.1 Å². The second-order valence-electron chi connectivity index (χ2n) is 2.75. The van der Waals surface area contributed by atoms with Crippen molar-refractivity contribution >= 4 is 5.97 Å². The Bertz CT molecular complexity index is 295. The smallest absolute Gasteiger partial charge is 0.310 e. The summed E-state index contributed by atoms with van der Waals surface area (Å²) in [6.45, 7) is -0.185. The zero-order chi connectivity index (χ0) is 10.4. The molecule has 0 saturated heterocycles. The molecule has 0 aliphatic rings. The summed E-state index contributed by atoms with van der Waals surface area (Å²) in [6.07, 6.45) is 0.0975. The summed E-state index contributed by atoms with van der Waals surface area (Å²) < 4.78 is 17.1. The van der Waals surface area contributed by atoms with E-state index in [1.165, 1.54) is 24.3 Å². The number of aliphatic hydroxyl groups is 1. The number of esters is 1. The van der Waals surface area contributed by atoms with Crippen molar-refractivity contribution < 1.29 is 19.0 Å². The number of hydrogen-bond donors (Lipinski definition) is 1. The highest BCUT2D eigenvalue weighted by molar-refractivity contribution is 5.72. The first-order chi connectivity index (χ1) is 6.72. The van der Waals surface area contributed by atoms with Gasteiger partial charge in [-0.1, -0.05) is 12.1 Å². The summed E-state index contributed by atoms with van der Waals surface area (Å²) in [5.41, 5.74) is 0.689. The molecule has 1 rings (SSSR count). The van der Waals surface area contributed by atoms with Crippen LogP contribution in [0.4, 0.5) is 4.39 Å². The van der Waals surface area contributed by atoms with E-state index in [1.807, 2.05) is 0 Å². The predicted octanol–water partition coefficient (Wildman–Crippen LogP) is 0.904. The van der Waals surface area contributed by atoms with Gasteiger partial charge in [0.1, 0.15) is 12.4 Å². The fourth-order valence-corrected chi connectivity index (χ4v) is 0.979. The fraction of sp³-hybridized carbons (Fsp3) is 0.300. The van der Waals surface area contributed by atoms with Crippen molar-refractivity contribution in [1.82, 2.24) is 0 Å². The topological polar surface area (TPSA) is 46.5 Å². The first kappa shape index (κ1) is 10.7. The third-order valence-electron chi connectivity index (χ3n) is 1.62. The summed E-state index contributed by atoms with van der Waals surface area (Å²) >= 11 is 0. The molecule has 0 aromatic heterocycles. The molecular weight excluding hydrogens is 187 g/mol. The minimum Gasteiger partial charge on any atom is -0.463 e. The van der Waals surface area contributed by atoms with Crippen molar-refractivity contribution in [2.45, 2.75) is 6.42 Å². The van der Waals surface area contributed by atoms with Crippen LogP contribution in [0.2, 0.25) is 0 Å². The molecule has 0 unspecified atom stereocenters. The Hall–Kier alpha value is -1.42. The molecule has 0 fully saturated rings. The normalized spacial score (nSPS) is 9.86. The van der Waals surface area contributed by atoms with Crippen molar-refractivity contribution in [1.29, 1.82) is 0 Å². The molecule has 1 aromatic carbocycles. The van der Waals surface area contributed by atoms with E-state index in [9.17, 15) is 9.18 Å². The third kappa shape index (κ3) is 3.53. The Balaban J connectivity index is 2.44. The van der Waals surface area contributed by atoms with Crippen LogP contribution in [-0.2, 0) is 16.0 Å². The van der Waals surface area contributed by atoms with Crippen molar-refractivity contribution in [2.75, 3.05) is 13.2 Å². The maximum absolute atomic E-state index is 12.5. The molecule has 0 heterocycles. The lowest BCUT2D eigenvalue weighted by Crippen LogP contribution is -2.10. The SMILES string of the molecule is O=C(Cc1ccc(F)cc1)OCCO. The lowest BCUT2D eigenvalue weighted by molar-refractivity contribution is -0.143. The van der Waals surface area contributed by atoms with Crippen LogP contribution in [0.15, 0.2) is 24.3 Å². The molecule has 0 amide bonds. The van der Waals surface area contributed by atoms with Gasteiger partial charge in [0.25, 0.3) is 0 Å². The number of carbonyl (C=O) groups excluding carboxylic acids is 1. The van der Waals surface area contributed by atoms with Crippen LogP contribution in [0.25, 0.3) is 0 Å². The van der Waals surface area contributed by atoms with Crippen molar-refractivity contribution in [2.24, 2.45) is 0 Å². The van der Waals surface area contributed by atoms with E-state index < -0.39 is 5.97 Å². The van der Waals surface area contributed by atoms with Gasteiger partial charge in [0.2, 0.25) is 0 Å². The lowest BCUT2D eigenvalue weighted by Gasteiger charge is -2.02. The Morgan fingerprint density at radius 3 is 2.57 bits per heavy atom. The number of ether oxygens (including phenoxy) is 1. The zero-order valence-corrected chi connectivity index (χ0v) is 7.57. The van der Waals surface area contributed by atoms with E-state index in [-0.39, 0.29) is 25.5 Å². The van der Waals surface area contributed by atoms with Crippen LogP contribution < -0.4 is 0 Å². The number of hydrogen-bond acceptors (Lipinski definition) is 3. The van der Waals surface area contributed by atoms with E-state index in [1.54, 1.807) is 0 Å². The number of benzene rings is 1. The largest absolute Gasteiger partial charge is 0.463 e. The van der Waals surface area contributed by atoms with Gasteiger partial charge in [-0.2, -0.15) is 0 Å². The van der Waals surface area contributed by atoms with Crippen LogP contribution in [-0.4, -0.2) is 24.3 Å². The molecule has 0 atom stereocenters. The maximum atomic E-state index is 12.5. The highest BCUT2D eigenvalue weighted by Crippen LogP contribution is 2.04. The molecule has 3 nitrogen and oxygen atoms in total. The third-order valence-corrected chi connectivity index (χ3v) is 1.62. The molecule has 0 aliphatic heterocycles. The second-order valence-corrected chi connectivity index (χ2v) is 2.75. The first-order valence-corrected chi connectivity index (χ1v) is 4.23. The number of rotatable bonds is 4. The van der Waals surface area contributed by atoms with Crippen molar-refractivity contribution in [3.8, 4) is 0 Å². The van der Waals surface area contributed by atoms with Gasteiger partial charge in [0.05, 0.1) is 13.0 Å². The quantitative estimate of drug-likeness (QED) is 0.731. The van der Waals surface area contributed by atoms with Crippen LogP contribution in [0, 0.1) is 5.82 Å². The molecule has 0 radical (unpaired) electrons. The van der Waals surface area contributed by atoms with E-state index in [0.717, 1.165) is 0 Å². The summed E-state index contributed by atoms with van der Waals surface area (Å²) in [5.74, 6) is -0.761. The van der Waals surface area contributed by atoms with Crippen molar-refractivity contribution in [3.63, 3.8) is 0 Å². The van der Waals surface area contributed by atoms with Gasteiger partial charge < -0.3 is 9.84 Å². The first-order valence-electron chi connectivity index (χ1n) is 4.23. The number of carbonyl (C=O) groups is 1. The molecule has 4 heteroatoms. The minimum absolute atomic E-state index is 0.0000278. The Morgan fingerprint density at radius 1 is 1.36 bits per heavy atom. The molecule has 0 saturated carbocycles. The zero-order valence-electron chi connectivity index (χ0n) is 7.57. The average molecular weight is 198 g/mol. The second kappa shape index (κ2) is 5.34. The van der Waals surface area contributed by atoms with Gasteiger partial charge >= 0.3 is 5.97 Å². The highest BCUT2D eigenvalue weighted by Gasteiger charge is 2.03. The van der Waals surface area contributed by atoms with Gasteiger partial charge in [-0.15, -0.1) is 0 Å². The minimum atomic E-state index is -0.425. The van der Waals surface area contributed by atoms with Gasteiger partial charge in [0.15, 0.2) is 0 Å². The fourth-order valence-electron chi connectivity index (χ4n) is 0.979. The Kier molecular flexibility index (Phi) is 4.07. The predicted molar refractivity (Wildman–Crippen MR) is 48.1 cm³/mol. The van der Waals surface area contributed by atoms with E-state index in [2.05, 4.69) is 4.74 Å². The van der Waals surface area contributed by atoms with Crippen LogP contribution in [0.5, 0.6) is 0 Å². The highest BCUT2D eigenvalue weighted by atomic mass is 19.1. The van der Waals surface area contributed by atoms with Crippen LogP contribution in [0.3, 0.4) is 0 Å².